The fourth-order valence-electron chi connectivity index (χ4n) is 1.58. The molecule has 0 saturated heterocycles. The summed E-state index contributed by atoms with van der Waals surface area (Å²) in [5.74, 6) is 0. The molecule has 88 valence electrons. The fraction of sp³-hybridized carbons (Fsp3) is 0.0833. The molecule has 1 heterocycles. The van der Waals surface area contributed by atoms with E-state index in [2.05, 4.69) is 11.6 Å². The number of aromatic amines is 1. The van der Waals surface area contributed by atoms with Crippen LogP contribution in [0.5, 0.6) is 0 Å². The van der Waals surface area contributed by atoms with Gasteiger partial charge in [0.2, 0.25) is 0 Å². The van der Waals surface area contributed by atoms with Crippen molar-refractivity contribution in [1.82, 2.24) is 4.98 Å². The van der Waals surface area contributed by atoms with Crippen LogP contribution in [0.3, 0.4) is 0 Å². The molecule has 0 aliphatic carbocycles. The van der Waals surface area contributed by atoms with Gasteiger partial charge >= 0.3 is 6.18 Å². The van der Waals surface area contributed by atoms with Crippen molar-refractivity contribution < 1.29 is 13.2 Å². The Balaban J connectivity index is 2.48. The summed E-state index contributed by atoms with van der Waals surface area (Å²) < 4.78 is 37.3. The third-order valence-corrected chi connectivity index (χ3v) is 2.50. The van der Waals surface area contributed by atoms with Gasteiger partial charge in [0, 0.05) is 22.7 Å². The van der Waals surface area contributed by atoms with E-state index >= 15 is 0 Å². The first-order valence-corrected chi connectivity index (χ1v) is 4.83. The highest BCUT2D eigenvalue weighted by atomic mass is 19.4. The molecule has 17 heavy (non-hydrogen) atoms. The van der Waals surface area contributed by atoms with E-state index in [-0.39, 0.29) is 5.56 Å². The summed E-state index contributed by atoms with van der Waals surface area (Å²) in [6.45, 7) is 2.93. The maximum Gasteiger partial charge on any atom is 0.417 e. The molecule has 2 N–H and O–H groups in total. The van der Waals surface area contributed by atoms with Crippen molar-refractivity contribution in [2.24, 2.45) is 0 Å². The largest absolute Gasteiger partial charge is 0.417 e. The number of alkyl halides is 3. The lowest BCUT2D eigenvalue weighted by Crippen LogP contribution is -2.18. The van der Waals surface area contributed by atoms with Gasteiger partial charge in [-0.1, -0.05) is 24.8 Å². The average molecular weight is 238 g/mol. The van der Waals surface area contributed by atoms with Crippen molar-refractivity contribution in [3.8, 4) is 0 Å². The quantitative estimate of drug-likeness (QED) is 0.750. The van der Waals surface area contributed by atoms with E-state index in [4.69, 9.17) is 5.41 Å². The molecule has 0 saturated carbocycles. The van der Waals surface area contributed by atoms with Gasteiger partial charge < -0.3 is 4.98 Å². The zero-order chi connectivity index (χ0) is 12.6. The number of H-pyrrole nitrogens is 1. The molecule has 0 aliphatic heterocycles. The minimum Gasteiger partial charge on any atom is -0.360 e. The first-order chi connectivity index (χ1) is 7.91. The Morgan fingerprint density at radius 2 is 1.88 bits per heavy atom. The summed E-state index contributed by atoms with van der Waals surface area (Å²) >= 11 is 0. The lowest BCUT2D eigenvalue weighted by Gasteiger charge is -2.10. The van der Waals surface area contributed by atoms with E-state index < -0.39 is 17.5 Å². The summed E-state index contributed by atoms with van der Waals surface area (Å²) in [7, 11) is 0. The van der Waals surface area contributed by atoms with Crippen molar-refractivity contribution in [2.75, 3.05) is 0 Å². The first-order valence-electron chi connectivity index (χ1n) is 4.83. The Hall–Kier alpha value is -2.04. The SMILES string of the molecule is C=C(C(=N)c1c[nH]c2ccccc12)C(F)(F)F. The van der Waals surface area contributed by atoms with Crippen LogP contribution in [-0.2, 0) is 0 Å². The predicted molar refractivity (Wildman–Crippen MR) is 60.3 cm³/mol. The average Bonchev–Trinajstić information content (AvgIpc) is 2.69. The highest BCUT2D eigenvalue weighted by molar-refractivity contribution is 6.17. The number of allylic oxidation sites excluding steroid dienone is 1. The number of fused-ring (bicyclic) bond motifs is 1. The van der Waals surface area contributed by atoms with Gasteiger partial charge in [-0.2, -0.15) is 13.2 Å². The lowest BCUT2D eigenvalue weighted by atomic mass is 10.0. The highest BCUT2D eigenvalue weighted by Crippen LogP contribution is 2.29. The molecule has 0 unspecified atom stereocenters. The van der Waals surface area contributed by atoms with Crippen LogP contribution in [0.15, 0.2) is 42.6 Å². The van der Waals surface area contributed by atoms with Crippen LogP contribution >= 0.6 is 0 Å². The van der Waals surface area contributed by atoms with Gasteiger partial charge in [0.1, 0.15) is 0 Å². The Bertz CT molecular complexity index is 593. The van der Waals surface area contributed by atoms with Gasteiger partial charge in [0.05, 0.1) is 11.3 Å². The lowest BCUT2D eigenvalue weighted by molar-refractivity contribution is -0.0856. The molecular weight excluding hydrogens is 229 g/mol. The standard InChI is InChI=1S/C12H9F3N2/c1-7(12(13,14)15)11(16)9-6-17-10-5-3-2-4-8(9)10/h2-6,16-17H,1H2. The molecule has 2 aromatic rings. The monoisotopic (exact) mass is 238 g/mol. The maximum atomic E-state index is 12.4. The molecular formula is C12H9F3N2. The number of halogens is 3. The second-order valence-electron chi connectivity index (χ2n) is 3.60. The number of aromatic nitrogens is 1. The Labute approximate surface area is 95.3 Å². The number of para-hydroxylation sites is 1. The summed E-state index contributed by atoms with van der Waals surface area (Å²) in [5, 5.41) is 8.14. The van der Waals surface area contributed by atoms with Crippen LogP contribution in [0, 0.1) is 5.41 Å². The number of benzene rings is 1. The molecule has 0 radical (unpaired) electrons. The fourth-order valence-corrected chi connectivity index (χ4v) is 1.58. The van der Waals surface area contributed by atoms with Crippen molar-refractivity contribution in [1.29, 1.82) is 5.41 Å². The highest BCUT2D eigenvalue weighted by Gasteiger charge is 2.35. The van der Waals surface area contributed by atoms with Crippen LogP contribution < -0.4 is 0 Å². The third-order valence-electron chi connectivity index (χ3n) is 2.50. The first kappa shape index (κ1) is 11.4. The van der Waals surface area contributed by atoms with Crippen LogP contribution in [0.25, 0.3) is 10.9 Å². The second-order valence-corrected chi connectivity index (χ2v) is 3.60. The number of rotatable bonds is 2. The second kappa shape index (κ2) is 3.76. The Morgan fingerprint density at radius 1 is 1.24 bits per heavy atom. The predicted octanol–water partition coefficient (Wildman–Crippen LogP) is 3.65. The molecule has 5 heteroatoms. The molecule has 0 aliphatic rings. The third kappa shape index (κ3) is 1.95. The number of hydrogen-bond donors (Lipinski definition) is 2. The van der Waals surface area contributed by atoms with Crippen molar-refractivity contribution in [2.45, 2.75) is 6.18 Å². The summed E-state index contributed by atoms with van der Waals surface area (Å²) in [6.07, 6.45) is -3.18. The zero-order valence-electron chi connectivity index (χ0n) is 8.73. The molecule has 2 rings (SSSR count). The van der Waals surface area contributed by atoms with Crippen LogP contribution in [0.1, 0.15) is 5.56 Å². The topological polar surface area (TPSA) is 39.6 Å². The smallest absolute Gasteiger partial charge is 0.360 e. The van der Waals surface area contributed by atoms with Gasteiger partial charge in [-0.25, -0.2) is 0 Å². The van der Waals surface area contributed by atoms with Crippen LogP contribution in [0.4, 0.5) is 13.2 Å². The van der Waals surface area contributed by atoms with Gasteiger partial charge in [-0.15, -0.1) is 0 Å². The minimum atomic E-state index is -4.57. The normalized spacial score (nSPS) is 11.7. The molecule has 1 aromatic carbocycles. The minimum absolute atomic E-state index is 0.211. The van der Waals surface area contributed by atoms with Crippen LogP contribution in [0.2, 0.25) is 0 Å². The Kier molecular flexibility index (Phi) is 2.53. The van der Waals surface area contributed by atoms with Gasteiger partial charge in [-0.3, -0.25) is 5.41 Å². The molecule has 0 fully saturated rings. The molecule has 0 spiro atoms. The van der Waals surface area contributed by atoms with E-state index in [1.807, 2.05) is 0 Å². The van der Waals surface area contributed by atoms with Crippen molar-refractivity contribution >= 4 is 16.6 Å². The van der Waals surface area contributed by atoms with Gasteiger partial charge in [0.15, 0.2) is 0 Å². The van der Waals surface area contributed by atoms with E-state index in [1.165, 1.54) is 6.20 Å². The zero-order valence-corrected chi connectivity index (χ0v) is 8.73. The summed E-state index contributed by atoms with van der Waals surface area (Å²) in [6, 6.07) is 6.88. The van der Waals surface area contributed by atoms with Crippen LogP contribution in [-0.4, -0.2) is 16.9 Å². The molecule has 2 nitrogen and oxygen atoms in total. The Morgan fingerprint density at radius 3 is 2.53 bits per heavy atom. The molecule has 0 bridgehead atoms. The van der Waals surface area contributed by atoms with E-state index in [0.29, 0.717) is 10.9 Å². The van der Waals surface area contributed by atoms with E-state index in [9.17, 15) is 13.2 Å². The summed E-state index contributed by atoms with van der Waals surface area (Å²) in [5.41, 5.74) is -0.831. The van der Waals surface area contributed by atoms with Crippen molar-refractivity contribution in [3.05, 3.63) is 48.2 Å². The van der Waals surface area contributed by atoms with Gasteiger partial charge in [-0.05, 0) is 6.07 Å². The summed E-state index contributed by atoms with van der Waals surface area (Å²) in [4.78, 5) is 2.83. The van der Waals surface area contributed by atoms with E-state index in [0.717, 1.165) is 0 Å². The van der Waals surface area contributed by atoms with E-state index in [1.54, 1.807) is 24.3 Å². The van der Waals surface area contributed by atoms with Crippen molar-refractivity contribution in [3.63, 3.8) is 0 Å². The molecule has 1 aromatic heterocycles. The molecule has 0 atom stereocenters. The maximum absolute atomic E-state index is 12.4. The number of nitrogens with one attached hydrogen (secondary N) is 2. The number of hydrogen-bond acceptors (Lipinski definition) is 1. The van der Waals surface area contributed by atoms with Gasteiger partial charge in [0.25, 0.3) is 0 Å². The molecule has 0 amide bonds.